The highest BCUT2D eigenvalue weighted by molar-refractivity contribution is 5.66. The van der Waals surface area contributed by atoms with Crippen LogP contribution in [0.4, 0.5) is 5.82 Å². The average Bonchev–Trinajstić information content (AvgIpc) is 2.96. The van der Waals surface area contributed by atoms with Crippen molar-refractivity contribution >= 4 is 5.82 Å². The lowest BCUT2D eigenvalue weighted by molar-refractivity contribution is 0.882. The van der Waals surface area contributed by atoms with Crippen molar-refractivity contribution in [2.75, 3.05) is 5.73 Å². The van der Waals surface area contributed by atoms with Crippen molar-refractivity contribution in [3.63, 3.8) is 0 Å². The number of hydrogen-bond acceptors (Lipinski definition) is 4. The molecule has 0 aliphatic rings. The smallest absolute Gasteiger partial charge is 0.146 e. The molecule has 2 aromatic carbocycles. The van der Waals surface area contributed by atoms with E-state index in [4.69, 9.17) is 16.7 Å². The Labute approximate surface area is 134 Å². The van der Waals surface area contributed by atoms with Crippen molar-refractivity contribution in [2.45, 2.75) is 13.5 Å². The fourth-order valence-electron chi connectivity index (χ4n) is 2.59. The molecule has 23 heavy (non-hydrogen) atoms. The molecule has 4 N–H and O–H groups in total. The maximum absolute atomic E-state index is 8.92. The predicted molar refractivity (Wildman–Crippen MR) is 90.8 cm³/mol. The number of hydrogen-bond donors (Lipinski definition) is 2. The van der Waals surface area contributed by atoms with E-state index < -0.39 is 0 Å². The van der Waals surface area contributed by atoms with Gasteiger partial charge in [-0.3, -0.25) is 0 Å². The van der Waals surface area contributed by atoms with Crippen LogP contribution < -0.4 is 11.5 Å². The van der Waals surface area contributed by atoms with Gasteiger partial charge in [0.2, 0.25) is 0 Å². The minimum absolute atomic E-state index is 0.451. The van der Waals surface area contributed by atoms with Crippen molar-refractivity contribution in [1.82, 2.24) is 9.78 Å². The largest absolute Gasteiger partial charge is 0.382 e. The number of nitrogens with two attached hydrogens (primary N) is 2. The van der Waals surface area contributed by atoms with Gasteiger partial charge in [0.1, 0.15) is 5.82 Å². The summed E-state index contributed by atoms with van der Waals surface area (Å²) in [7, 11) is 0. The summed E-state index contributed by atoms with van der Waals surface area (Å²) in [6, 6.07) is 17.4. The van der Waals surface area contributed by atoms with Crippen LogP contribution in [-0.4, -0.2) is 9.78 Å². The number of aromatic nitrogens is 2. The van der Waals surface area contributed by atoms with Gasteiger partial charge in [0.25, 0.3) is 0 Å². The lowest BCUT2D eigenvalue weighted by atomic mass is 10.1. The van der Waals surface area contributed by atoms with Crippen molar-refractivity contribution < 1.29 is 0 Å². The fourth-order valence-corrected chi connectivity index (χ4v) is 2.59. The molecular weight excluding hydrogens is 286 g/mol. The lowest BCUT2D eigenvalue weighted by Gasteiger charge is -2.11. The van der Waals surface area contributed by atoms with Gasteiger partial charge >= 0.3 is 0 Å². The molecule has 0 aliphatic heterocycles. The zero-order chi connectivity index (χ0) is 16.4. The molecule has 3 aromatic rings. The number of rotatable bonds is 3. The van der Waals surface area contributed by atoms with Gasteiger partial charge in [-0.05, 0) is 36.2 Å². The van der Waals surface area contributed by atoms with Crippen LogP contribution in [0, 0.1) is 18.3 Å². The van der Waals surface area contributed by atoms with Crippen LogP contribution in [0.3, 0.4) is 0 Å². The summed E-state index contributed by atoms with van der Waals surface area (Å²) in [5, 5.41) is 13.3. The Morgan fingerprint density at radius 2 is 1.87 bits per heavy atom. The Bertz CT molecular complexity index is 885. The second-order valence-corrected chi connectivity index (χ2v) is 5.38. The molecule has 0 saturated carbocycles. The summed E-state index contributed by atoms with van der Waals surface area (Å²) in [5.74, 6) is 0.451. The molecule has 1 aromatic heterocycles. The summed E-state index contributed by atoms with van der Waals surface area (Å²) in [5.41, 5.74) is 17.2. The summed E-state index contributed by atoms with van der Waals surface area (Å²) in [6.07, 6.45) is 0. The molecule has 0 aliphatic carbocycles. The van der Waals surface area contributed by atoms with E-state index in [1.807, 2.05) is 41.9 Å². The van der Waals surface area contributed by atoms with Crippen molar-refractivity contribution in [2.24, 2.45) is 5.73 Å². The average molecular weight is 303 g/mol. The van der Waals surface area contributed by atoms with Crippen LogP contribution in [0.2, 0.25) is 0 Å². The van der Waals surface area contributed by atoms with E-state index in [1.54, 1.807) is 12.1 Å². The minimum atomic E-state index is 0.451. The molecule has 1 heterocycles. The van der Waals surface area contributed by atoms with E-state index in [2.05, 4.69) is 17.2 Å². The Balaban J connectivity index is 2.12. The van der Waals surface area contributed by atoms with Gasteiger partial charge in [0.05, 0.1) is 23.0 Å². The van der Waals surface area contributed by atoms with E-state index >= 15 is 0 Å². The number of anilines is 1. The first-order valence-electron chi connectivity index (χ1n) is 7.28. The first-order chi connectivity index (χ1) is 11.1. The highest BCUT2D eigenvalue weighted by atomic mass is 15.3. The molecular formula is C18H17N5. The number of aryl methyl sites for hydroxylation is 1. The Kier molecular flexibility index (Phi) is 3.83. The zero-order valence-electron chi connectivity index (χ0n) is 12.8. The first kappa shape index (κ1) is 14.8. The van der Waals surface area contributed by atoms with Crippen LogP contribution in [-0.2, 0) is 6.54 Å². The molecule has 0 atom stereocenters. The molecule has 0 saturated heterocycles. The monoisotopic (exact) mass is 303 g/mol. The Morgan fingerprint density at radius 1 is 1.13 bits per heavy atom. The number of nitrogens with zero attached hydrogens (tertiary/aromatic N) is 3. The molecule has 0 unspecified atom stereocenters. The topological polar surface area (TPSA) is 93.7 Å². The van der Waals surface area contributed by atoms with Crippen LogP contribution in [0.5, 0.6) is 0 Å². The second kappa shape index (κ2) is 5.95. The van der Waals surface area contributed by atoms with E-state index in [0.717, 1.165) is 28.1 Å². The first-order valence-corrected chi connectivity index (χ1v) is 7.28. The third-order valence-corrected chi connectivity index (χ3v) is 3.76. The number of benzene rings is 2. The van der Waals surface area contributed by atoms with Crippen LogP contribution in [0.1, 0.15) is 16.7 Å². The quantitative estimate of drug-likeness (QED) is 0.778. The molecule has 0 fully saturated rings. The Hall–Kier alpha value is -3.10. The van der Waals surface area contributed by atoms with Crippen molar-refractivity contribution in [1.29, 1.82) is 5.26 Å². The number of nitrogen functional groups attached to an aromatic ring is 1. The van der Waals surface area contributed by atoms with Gasteiger partial charge in [-0.25, -0.2) is 4.68 Å². The van der Waals surface area contributed by atoms with Crippen LogP contribution in [0.15, 0.2) is 48.5 Å². The van der Waals surface area contributed by atoms with E-state index in [1.165, 1.54) is 0 Å². The molecule has 0 radical (unpaired) electrons. The molecule has 5 heteroatoms. The van der Waals surface area contributed by atoms with Gasteiger partial charge in [-0.2, -0.15) is 10.4 Å². The highest BCUT2D eigenvalue weighted by Gasteiger charge is 2.12. The summed E-state index contributed by atoms with van der Waals surface area (Å²) < 4.78 is 1.83. The Morgan fingerprint density at radius 3 is 2.48 bits per heavy atom. The van der Waals surface area contributed by atoms with E-state index in [9.17, 15) is 0 Å². The van der Waals surface area contributed by atoms with E-state index in [-0.39, 0.29) is 0 Å². The highest BCUT2D eigenvalue weighted by Crippen LogP contribution is 2.27. The molecule has 0 amide bonds. The van der Waals surface area contributed by atoms with Gasteiger partial charge in [-0.15, -0.1) is 0 Å². The fraction of sp³-hybridized carbons (Fsp3) is 0.111. The maximum Gasteiger partial charge on any atom is 0.146 e. The van der Waals surface area contributed by atoms with Gasteiger partial charge < -0.3 is 11.5 Å². The van der Waals surface area contributed by atoms with Gasteiger partial charge in [-0.1, -0.05) is 24.3 Å². The van der Waals surface area contributed by atoms with Gasteiger partial charge in [0, 0.05) is 18.2 Å². The molecule has 0 bridgehead atoms. The number of nitriles is 1. The lowest BCUT2D eigenvalue weighted by Crippen LogP contribution is -2.04. The molecule has 3 rings (SSSR count). The van der Waals surface area contributed by atoms with Gasteiger partial charge in [0.15, 0.2) is 0 Å². The summed E-state index contributed by atoms with van der Waals surface area (Å²) >= 11 is 0. The molecule has 5 nitrogen and oxygen atoms in total. The van der Waals surface area contributed by atoms with E-state index in [0.29, 0.717) is 17.9 Å². The van der Waals surface area contributed by atoms with Crippen LogP contribution in [0.25, 0.3) is 16.9 Å². The summed E-state index contributed by atoms with van der Waals surface area (Å²) in [6.45, 7) is 2.53. The third-order valence-electron chi connectivity index (χ3n) is 3.76. The molecule has 114 valence electrons. The second-order valence-electron chi connectivity index (χ2n) is 5.38. The van der Waals surface area contributed by atoms with Crippen molar-refractivity contribution in [3.8, 4) is 23.0 Å². The zero-order valence-corrected chi connectivity index (χ0v) is 12.8. The molecule has 0 spiro atoms. The maximum atomic E-state index is 8.92. The minimum Gasteiger partial charge on any atom is -0.382 e. The third kappa shape index (κ3) is 2.80. The van der Waals surface area contributed by atoms with Crippen molar-refractivity contribution in [3.05, 3.63) is 65.2 Å². The standard InChI is InChI=1S/C18H17N5/c1-12-8-14(11-20)4-7-16(12)23-17(9-18(21)22-23)15-5-2-13(10-19)3-6-15/h2-9H,11,20H2,1H3,(H2,21,22). The SMILES string of the molecule is Cc1cc(CN)ccc1-n1nc(N)cc1-c1ccc(C#N)cc1. The normalized spacial score (nSPS) is 10.5. The summed E-state index contributed by atoms with van der Waals surface area (Å²) in [4.78, 5) is 0. The predicted octanol–water partition coefficient (Wildman–Crippen LogP) is 2.76. The van der Waals surface area contributed by atoms with Crippen LogP contribution >= 0.6 is 0 Å².